The van der Waals surface area contributed by atoms with Crippen molar-refractivity contribution in [2.45, 2.75) is 46.5 Å². The van der Waals surface area contributed by atoms with Gasteiger partial charge >= 0.3 is 5.97 Å². The predicted octanol–water partition coefficient (Wildman–Crippen LogP) is 2.89. The summed E-state index contributed by atoms with van der Waals surface area (Å²) in [4.78, 5) is 21.6. The standard InChI is InChI=1S/C13H22O3/c1-4-7-11(2)8-5-6-9-16-13(15)10-12(3)14/h5-6,11H,4,7-10H2,1-3H3/t11-/m1/s1. The lowest BCUT2D eigenvalue weighted by Crippen LogP contribution is -2.08. The number of carbonyl (C=O) groups excluding carboxylic acids is 2. The smallest absolute Gasteiger partial charge is 0.313 e. The van der Waals surface area contributed by atoms with Crippen LogP contribution in [0, 0.1) is 5.92 Å². The second-order valence-electron chi connectivity index (χ2n) is 4.16. The average Bonchev–Trinajstić information content (AvgIpc) is 2.16. The summed E-state index contributed by atoms with van der Waals surface area (Å²) in [6.45, 7) is 6.02. The number of allylic oxidation sites excluding steroid dienone is 1. The van der Waals surface area contributed by atoms with Crippen LogP contribution in [0.15, 0.2) is 12.2 Å². The molecule has 1 atom stereocenters. The Morgan fingerprint density at radius 1 is 1.31 bits per heavy atom. The van der Waals surface area contributed by atoms with Crippen molar-refractivity contribution in [1.29, 1.82) is 0 Å². The van der Waals surface area contributed by atoms with Crippen molar-refractivity contribution in [1.82, 2.24) is 0 Å². The zero-order valence-electron chi connectivity index (χ0n) is 10.5. The van der Waals surface area contributed by atoms with Crippen LogP contribution in [-0.2, 0) is 14.3 Å². The fraction of sp³-hybridized carbons (Fsp3) is 0.692. The molecule has 0 saturated heterocycles. The molecule has 0 aromatic heterocycles. The van der Waals surface area contributed by atoms with Gasteiger partial charge in [0.2, 0.25) is 0 Å². The van der Waals surface area contributed by atoms with Gasteiger partial charge in [0.1, 0.15) is 18.8 Å². The van der Waals surface area contributed by atoms with Gasteiger partial charge in [0, 0.05) is 0 Å². The van der Waals surface area contributed by atoms with E-state index >= 15 is 0 Å². The molecule has 0 N–H and O–H groups in total. The van der Waals surface area contributed by atoms with Crippen LogP contribution in [0.1, 0.15) is 46.5 Å². The molecule has 0 aromatic carbocycles. The van der Waals surface area contributed by atoms with E-state index in [4.69, 9.17) is 4.74 Å². The van der Waals surface area contributed by atoms with Crippen LogP contribution in [0.5, 0.6) is 0 Å². The molecule has 0 aliphatic rings. The maximum absolute atomic E-state index is 11.0. The van der Waals surface area contributed by atoms with Crippen LogP contribution < -0.4 is 0 Å². The molecule has 0 bridgehead atoms. The Morgan fingerprint density at radius 2 is 2.00 bits per heavy atom. The maximum atomic E-state index is 11.0. The van der Waals surface area contributed by atoms with Crippen molar-refractivity contribution in [3.63, 3.8) is 0 Å². The molecule has 0 saturated carbocycles. The second kappa shape index (κ2) is 9.13. The summed E-state index contributed by atoms with van der Waals surface area (Å²) >= 11 is 0. The van der Waals surface area contributed by atoms with Crippen LogP contribution in [0.4, 0.5) is 0 Å². The molecular formula is C13H22O3. The lowest BCUT2D eigenvalue weighted by molar-refractivity contribution is -0.144. The summed E-state index contributed by atoms with van der Waals surface area (Å²) in [6, 6.07) is 0. The van der Waals surface area contributed by atoms with E-state index in [9.17, 15) is 9.59 Å². The van der Waals surface area contributed by atoms with Crippen LogP contribution in [0.2, 0.25) is 0 Å². The molecule has 3 nitrogen and oxygen atoms in total. The van der Waals surface area contributed by atoms with Crippen LogP contribution in [0.3, 0.4) is 0 Å². The van der Waals surface area contributed by atoms with Crippen molar-refractivity contribution in [3.05, 3.63) is 12.2 Å². The molecule has 0 radical (unpaired) electrons. The predicted molar refractivity (Wildman–Crippen MR) is 64.1 cm³/mol. The lowest BCUT2D eigenvalue weighted by Gasteiger charge is -2.05. The third-order valence-electron chi connectivity index (χ3n) is 2.22. The van der Waals surface area contributed by atoms with Gasteiger partial charge in [0.05, 0.1) is 0 Å². The number of rotatable bonds is 8. The molecule has 0 amide bonds. The maximum Gasteiger partial charge on any atom is 0.313 e. The summed E-state index contributed by atoms with van der Waals surface area (Å²) in [5, 5.41) is 0. The minimum absolute atomic E-state index is 0.125. The molecular weight excluding hydrogens is 204 g/mol. The third-order valence-corrected chi connectivity index (χ3v) is 2.22. The number of esters is 1. The van der Waals surface area contributed by atoms with Gasteiger partial charge in [-0.25, -0.2) is 0 Å². The van der Waals surface area contributed by atoms with E-state index in [1.807, 2.05) is 12.2 Å². The van der Waals surface area contributed by atoms with E-state index in [0.717, 1.165) is 6.42 Å². The van der Waals surface area contributed by atoms with Crippen molar-refractivity contribution in [3.8, 4) is 0 Å². The third kappa shape index (κ3) is 9.44. The molecule has 0 unspecified atom stereocenters. The number of carbonyl (C=O) groups is 2. The first-order valence-corrected chi connectivity index (χ1v) is 5.86. The van der Waals surface area contributed by atoms with Gasteiger partial charge in [0.25, 0.3) is 0 Å². The highest BCUT2D eigenvalue weighted by Gasteiger charge is 2.04. The van der Waals surface area contributed by atoms with Crippen LogP contribution in [-0.4, -0.2) is 18.4 Å². The van der Waals surface area contributed by atoms with Crippen LogP contribution in [0.25, 0.3) is 0 Å². The van der Waals surface area contributed by atoms with E-state index in [2.05, 4.69) is 13.8 Å². The Labute approximate surface area is 97.9 Å². The Hall–Kier alpha value is -1.12. The molecule has 0 aliphatic carbocycles. The van der Waals surface area contributed by atoms with Gasteiger partial charge in [0.15, 0.2) is 0 Å². The minimum Gasteiger partial charge on any atom is -0.461 e. The molecule has 92 valence electrons. The molecule has 0 rings (SSSR count). The van der Waals surface area contributed by atoms with E-state index in [0.29, 0.717) is 5.92 Å². The van der Waals surface area contributed by atoms with Crippen molar-refractivity contribution < 1.29 is 14.3 Å². The highest BCUT2D eigenvalue weighted by molar-refractivity contribution is 5.94. The van der Waals surface area contributed by atoms with Gasteiger partial charge in [-0.2, -0.15) is 0 Å². The van der Waals surface area contributed by atoms with Crippen molar-refractivity contribution >= 4 is 11.8 Å². The molecule has 16 heavy (non-hydrogen) atoms. The molecule has 0 fully saturated rings. The zero-order chi connectivity index (χ0) is 12.4. The lowest BCUT2D eigenvalue weighted by atomic mass is 10.0. The monoisotopic (exact) mass is 226 g/mol. The fourth-order valence-electron chi connectivity index (χ4n) is 1.40. The highest BCUT2D eigenvalue weighted by atomic mass is 16.5. The first-order chi connectivity index (χ1) is 7.56. The Morgan fingerprint density at radius 3 is 2.56 bits per heavy atom. The first-order valence-electron chi connectivity index (χ1n) is 5.86. The SMILES string of the molecule is CCC[C@@H](C)CC=CCOC(=O)CC(C)=O. The van der Waals surface area contributed by atoms with Gasteiger partial charge in [-0.15, -0.1) is 0 Å². The molecule has 0 heterocycles. The van der Waals surface area contributed by atoms with E-state index in [1.165, 1.54) is 19.8 Å². The second-order valence-corrected chi connectivity index (χ2v) is 4.16. The molecule has 0 spiro atoms. The molecule has 0 aromatic rings. The number of hydrogen-bond acceptors (Lipinski definition) is 3. The normalized spacial score (nSPS) is 12.7. The van der Waals surface area contributed by atoms with Crippen LogP contribution >= 0.6 is 0 Å². The van der Waals surface area contributed by atoms with Crippen molar-refractivity contribution in [2.24, 2.45) is 5.92 Å². The topological polar surface area (TPSA) is 43.4 Å². The van der Waals surface area contributed by atoms with Gasteiger partial charge in [-0.05, 0) is 19.3 Å². The average molecular weight is 226 g/mol. The Balaban J connectivity index is 3.54. The van der Waals surface area contributed by atoms with Gasteiger partial charge in [-0.3, -0.25) is 9.59 Å². The Bertz CT molecular complexity index is 244. The van der Waals surface area contributed by atoms with E-state index < -0.39 is 5.97 Å². The van der Waals surface area contributed by atoms with E-state index in [-0.39, 0.29) is 18.8 Å². The van der Waals surface area contributed by atoms with Gasteiger partial charge < -0.3 is 4.74 Å². The summed E-state index contributed by atoms with van der Waals surface area (Å²) in [7, 11) is 0. The number of ether oxygens (including phenoxy) is 1. The first kappa shape index (κ1) is 14.9. The summed E-state index contributed by atoms with van der Waals surface area (Å²) in [5.74, 6) is 0.0680. The zero-order valence-corrected chi connectivity index (χ0v) is 10.5. The van der Waals surface area contributed by atoms with Crippen molar-refractivity contribution in [2.75, 3.05) is 6.61 Å². The molecule has 3 heteroatoms. The summed E-state index contributed by atoms with van der Waals surface area (Å²) in [6.07, 6.45) is 7.17. The summed E-state index contributed by atoms with van der Waals surface area (Å²) < 4.78 is 4.85. The Kier molecular flexibility index (Phi) is 8.49. The fourth-order valence-corrected chi connectivity index (χ4v) is 1.40. The largest absolute Gasteiger partial charge is 0.461 e. The minimum atomic E-state index is -0.446. The number of Topliss-reactive ketones (excluding diaryl/α,β-unsaturated/α-hetero) is 1. The summed E-state index contributed by atoms with van der Waals surface area (Å²) in [5.41, 5.74) is 0. The quantitative estimate of drug-likeness (QED) is 0.363. The molecule has 0 aliphatic heterocycles. The number of ketones is 1. The van der Waals surface area contributed by atoms with Gasteiger partial charge in [-0.1, -0.05) is 38.8 Å². The number of hydrogen-bond donors (Lipinski definition) is 0. The highest BCUT2D eigenvalue weighted by Crippen LogP contribution is 2.09. The van der Waals surface area contributed by atoms with E-state index in [1.54, 1.807) is 0 Å².